The number of rotatable bonds is 10. The lowest BCUT2D eigenvalue weighted by molar-refractivity contribution is -0.156. The van der Waals surface area contributed by atoms with Gasteiger partial charge in [0.05, 0.1) is 73.5 Å². The van der Waals surface area contributed by atoms with Crippen molar-refractivity contribution in [1.29, 1.82) is 0 Å². The molecular weight excluding hydrogens is 1590 g/mol. The van der Waals surface area contributed by atoms with E-state index >= 15 is 0 Å². The van der Waals surface area contributed by atoms with Gasteiger partial charge in [0, 0.05) is 53.8 Å². The zero-order valence-electron chi connectivity index (χ0n) is 61.3. The van der Waals surface area contributed by atoms with Crippen molar-refractivity contribution in [1.82, 2.24) is 53.2 Å². The molecule has 0 aromatic rings. The number of fused-ring (bicyclic) bond motifs is 21. The first-order chi connectivity index (χ1) is 52.4. The largest absolute Gasteiger partial charge is 0.481 e. The van der Waals surface area contributed by atoms with Crippen molar-refractivity contribution in [2.24, 2.45) is 0 Å². The van der Waals surface area contributed by atoms with Crippen LogP contribution in [0.15, 0.2) is 36.5 Å². The molecular formula is C69H97F3N10O23S6. The van der Waals surface area contributed by atoms with Gasteiger partial charge in [-0.1, -0.05) is 83.0 Å². The molecule has 3 saturated carbocycles. The quantitative estimate of drug-likeness (QED) is 0.0637. The normalized spacial score (nSPS) is 30.2. The Bertz CT molecular complexity index is 3470. The number of carbonyl (C=O) groups excluding carboxylic acids is 14. The molecule has 9 aliphatic rings. The van der Waals surface area contributed by atoms with Gasteiger partial charge in [-0.15, -0.1) is 0 Å². The molecule has 9 rings (SSSR count). The van der Waals surface area contributed by atoms with Crippen molar-refractivity contribution in [3.05, 3.63) is 36.5 Å². The van der Waals surface area contributed by atoms with E-state index < -0.39 is 210 Å². The summed E-state index contributed by atoms with van der Waals surface area (Å²) >= 11 is 0. The molecule has 3 spiro atoms. The van der Waals surface area contributed by atoms with Gasteiger partial charge in [-0.05, 0) is 116 Å². The minimum absolute atomic E-state index is 0.0499. The van der Waals surface area contributed by atoms with Gasteiger partial charge in [0.1, 0.15) is 66.7 Å². The van der Waals surface area contributed by atoms with Crippen LogP contribution < -0.4 is 53.2 Å². The number of hydrogen-bond donors (Lipinski definition) is 14. The third-order valence-electron chi connectivity index (χ3n) is 18.3. The molecule has 6 aliphatic heterocycles. The molecule has 3 aliphatic carbocycles. The predicted molar refractivity (Wildman–Crippen MR) is 404 cm³/mol. The van der Waals surface area contributed by atoms with Gasteiger partial charge in [0.25, 0.3) is 0 Å². The Morgan fingerprint density at radius 2 is 0.784 bits per heavy atom. The van der Waals surface area contributed by atoms with Crippen LogP contribution in [0.4, 0.5) is 13.2 Å². The molecule has 0 aromatic heterocycles. The lowest BCUT2D eigenvalue weighted by Crippen LogP contribution is -2.58. The fourth-order valence-corrected chi connectivity index (χ4v) is 18.2. The van der Waals surface area contributed by atoms with E-state index in [2.05, 4.69) is 47.9 Å². The second-order valence-electron chi connectivity index (χ2n) is 28.8. The summed E-state index contributed by atoms with van der Waals surface area (Å²) in [6.45, 7) is 3.65. The molecule has 10 amide bonds. The summed E-state index contributed by atoms with van der Waals surface area (Å²) in [7, 11) is 8.62. The van der Waals surface area contributed by atoms with Crippen LogP contribution in [0.1, 0.15) is 156 Å². The van der Waals surface area contributed by atoms with Crippen molar-refractivity contribution in [2.45, 2.75) is 257 Å². The highest BCUT2D eigenvalue weighted by atomic mass is 33.1. The average Bonchev–Trinajstić information content (AvgIpc) is 1.64. The van der Waals surface area contributed by atoms with Crippen LogP contribution in [-0.4, -0.2) is 252 Å². The van der Waals surface area contributed by atoms with Crippen LogP contribution in [0.3, 0.4) is 0 Å². The molecule has 12 atom stereocenters. The van der Waals surface area contributed by atoms with E-state index in [9.17, 15) is 100 Å². The maximum absolute atomic E-state index is 13.3. The number of ether oxygens (including phenoxy) is 4. The van der Waals surface area contributed by atoms with E-state index in [1.54, 1.807) is 50.4 Å². The first-order valence-electron chi connectivity index (χ1n) is 36.3. The van der Waals surface area contributed by atoms with E-state index in [4.69, 9.17) is 24.1 Å². The summed E-state index contributed by atoms with van der Waals surface area (Å²) in [5.74, 6) is -7.80. The molecule has 3 saturated heterocycles. The summed E-state index contributed by atoms with van der Waals surface area (Å²) in [6.07, 6.45) is 0.0378. The molecule has 0 radical (unpaired) electrons. The molecule has 6 fully saturated rings. The van der Waals surface area contributed by atoms with Crippen LogP contribution in [0.5, 0.6) is 0 Å². The van der Waals surface area contributed by atoms with Crippen molar-refractivity contribution < 1.29 is 124 Å². The molecule has 0 aromatic carbocycles. The molecule has 6 heterocycles. The number of aliphatic hydroxyl groups is 3. The molecule has 33 nitrogen and oxygen atoms in total. The second kappa shape index (κ2) is 43.0. The van der Waals surface area contributed by atoms with Gasteiger partial charge >= 0.3 is 36.0 Å². The molecule has 6 bridgehead atoms. The number of alkyl halides is 3. The summed E-state index contributed by atoms with van der Waals surface area (Å²) in [5.41, 5.74) is -3.70. The van der Waals surface area contributed by atoms with Crippen molar-refractivity contribution >= 4 is 154 Å². The van der Waals surface area contributed by atoms with Crippen LogP contribution in [0.25, 0.3) is 0 Å². The number of aliphatic hydroxyl groups excluding tert-OH is 3. The number of carbonyl (C=O) groups is 15. The number of halogens is 3. The van der Waals surface area contributed by atoms with Crippen molar-refractivity contribution in [3.63, 3.8) is 0 Å². The third-order valence-corrected chi connectivity index (χ3v) is 25.6. The number of allylic oxidation sites excluding steroid dienone is 3. The van der Waals surface area contributed by atoms with Gasteiger partial charge in [-0.25, -0.2) is 0 Å². The van der Waals surface area contributed by atoms with Crippen molar-refractivity contribution in [3.8, 4) is 0 Å². The van der Waals surface area contributed by atoms with Gasteiger partial charge in [0.2, 0.25) is 59.1 Å². The van der Waals surface area contributed by atoms with Gasteiger partial charge in [0.15, 0.2) is 0 Å². The summed E-state index contributed by atoms with van der Waals surface area (Å²) in [4.78, 5) is 190. The number of hydrogen-bond acceptors (Lipinski definition) is 28. The van der Waals surface area contributed by atoms with Crippen LogP contribution in [0.2, 0.25) is 0 Å². The molecule has 42 heteroatoms. The highest BCUT2D eigenvalue weighted by molar-refractivity contribution is 8.77. The Morgan fingerprint density at radius 3 is 1.08 bits per heavy atom. The zero-order valence-corrected chi connectivity index (χ0v) is 66.2. The smallest absolute Gasteiger partial charge is 0.405 e. The maximum atomic E-state index is 13.3. The summed E-state index contributed by atoms with van der Waals surface area (Å²) < 4.78 is 59.0. The highest BCUT2D eigenvalue weighted by Gasteiger charge is 2.55. The molecule has 3 unspecified atom stereocenters. The number of aliphatic carboxylic acids is 1. The predicted octanol–water partition coefficient (Wildman–Crippen LogP) is 1.48. The monoisotopic (exact) mass is 1680 g/mol. The Hall–Kier alpha value is -6.96. The lowest BCUT2D eigenvalue weighted by atomic mass is 10.0. The zero-order chi connectivity index (χ0) is 81.3. The third kappa shape index (κ3) is 32.1. The molecule has 111 heavy (non-hydrogen) atoms. The second-order valence-corrected chi connectivity index (χ2v) is 36.7. The number of carboxylic acids is 1. The van der Waals surface area contributed by atoms with Gasteiger partial charge < -0.3 is 92.5 Å². The minimum Gasteiger partial charge on any atom is -0.481 e. The van der Waals surface area contributed by atoms with Crippen LogP contribution in [-0.2, 0) is 90.9 Å². The fourth-order valence-electron chi connectivity index (χ4n) is 11.8. The Labute approximate surface area is 661 Å². The maximum Gasteiger partial charge on any atom is 0.405 e. The summed E-state index contributed by atoms with van der Waals surface area (Å²) in [6, 6.07) is -6.71. The highest BCUT2D eigenvalue weighted by Crippen LogP contribution is 2.43. The van der Waals surface area contributed by atoms with E-state index in [0.717, 1.165) is 0 Å². The van der Waals surface area contributed by atoms with Crippen LogP contribution >= 0.6 is 64.8 Å². The summed E-state index contributed by atoms with van der Waals surface area (Å²) in [5, 5.41) is 66.7. The van der Waals surface area contributed by atoms with E-state index in [0.29, 0.717) is 75.0 Å². The van der Waals surface area contributed by atoms with E-state index in [1.165, 1.54) is 70.8 Å². The average molecular weight is 1680 g/mol. The number of esters is 4. The van der Waals surface area contributed by atoms with Gasteiger partial charge in [-0.3, -0.25) is 71.9 Å². The number of nitrogens with one attached hydrogen (secondary N) is 10. The van der Waals surface area contributed by atoms with Crippen molar-refractivity contribution in [2.75, 3.05) is 41.1 Å². The minimum atomic E-state index is -4.61. The standard InChI is InChI=1S/C25H37N3O8S2.C23H31F3N4O7S2.C21H29N3O8S2/c1-24(2,3)36-20(31)8-7-16-22(33)27-17-14-38-37-11-5-4-6-15(12-19(30)26-16)35-21(32)13-18(29)25(9-10-25)28-23(17)34;24-23(25,26)12-27-17(32)5-4-14-20(35)29-15-11-39-38-8-2-1-3-13(9-18(33)28-14)37-19(34)10-16(31)22(6-7-22)30-21(15)36;25-15-10-18(29)32-12-3-1-2-8-33-34-11-14(20(31)24-21(15)6-7-21)23-19(30)13(4-5-17(27)28)22-16(26)9-12/h4,6,15-18,29H,5,7-14H2,1-3H3,(H,26,30)(H,27,33)(H,28,34);1,3,13-16,31H,2,4-12H2,(H,27,32)(H,28,33)(H,29,35)(H,30,36);1,3,12-15,25H,2,4-11H2,(H,22,26)(H,23,30)(H,24,31)(H,27,28)/b6-4+;2*3-1+/t15-,16-,17-,18?;13-,14-,15-,16?;12-,13-,14-,15?/m111/s1. The Kier molecular flexibility index (Phi) is 35.3. The van der Waals surface area contributed by atoms with Crippen LogP contribution in [0, 0.1) is 0 Å². The number of amides is 10. The molecule has 618 valence electrons. The Morgan fingerprint density at radius 1 is 0.468 bits per heavy atom. The Balaban J connectivity index is 0.000000232. The first kappa shape index (κ1) is 91.2. The topological polar surface area (TPSA) is 494 Å². The SMILES string of the molecule is CC(C)(C)OC(=O)CC[C@H]1NC(=O)C[C@H]2/C=C/CCSSC[C@@H](NC1=O)C(=O)NC1(CC1)C(O)CC(=O)O2.O=C(CC[C@H]1NC(=O)C[C@H]2/C=C/CCSSC[C@@H](NC1=O)C(=O)NC1(CC1)C(O)CC(=O)O2)NCC(F)(F)F.O=C(O)CC[C@H]1NC(=O)C[C@H]2/C=C/CCSSC[C@@H](NC1=O)C(=O)NC1(CC1)C(O)CC(=O)O2. The molecule has 14 N–H and O–H groups in total. The van der Waals surface area contributed by atoms with E-state index in [-0.39, 0.29) is 81.5 Å². The van der Waals surface area contributed by atoms with E-state index in [1.807, 2.05) is 6.08 Å². The lowest BCUT2D eigenvalue weighted by Gasteiger charge is -2.27. The number of carboxylic acid groups (broad SMARTS) is 1. The van der Waals surface area contributed by atoms with Gasteiger partial charge in [-0.2, -0.15) is 13.2 Å². The fraction of sp³-hybridized carbons (Fsp3) is 0.696. The first-order valence-corrected chi connectivity index (χ1v) is 43.8.